The van der Waals surface area contributed by atoms with Crippen molar-refractivity contribution >= 4 is 5.78 Å². The number of hydrogen-bond acceptors (Lipinski definition) is 1. The van der Waals surface area contributed by atoms with E-state index in [0.29, 0.717) is 17.6 Å². The van der Waals surface area contributed by atoms with Crippen LogP contribution < -0.4 is 0 Å². The molecule has 2 unspecified atom stereocenters. The molecule has 0 N–H and O–H groups in total. The average Bonchev–Trinajstić information content (AvgIpc) is 2.04. The second-order valence-electron chi connectivity index (χ2n) is 3.63. The minimum absolute atomic E-state index is 0.401. The van der Waals surface area contributed by atoms with Crippen molar-refractivity contribution < 1.29 is 4.79 Å². The van der Waals surface area contributed by atoms with Gasteiger partial charge in [-0.15, -0.1) is 0 Å². The van der Waals surface area contributed by atoms with Crippen LogP contribution in [0.1, 0.15) is 46.0 Å². The second-order valence-corrected chi connectivity index (χ2v) is 3.63. The molecule has 0 aromatic carbocycles. The lowest BCUT2D eigenvalue weighted by Gasteiger charge is -2.25. The van der Waals surface area contributed by atoms with Crippen molar-refractivity contribution in [1.82, 2.24) is 0 Å². The molecule has 0 heterocycles. The highest BCUT2D eigenvalue weighted by molar-refractivity contribution is 5.81. The Morgan fingerprint density at radius 1 is 1.27 bits per heavy atom. The van der Waals surface area contributed by atoms with E-state index in [1.807, 2.05) is 0 Å². The molecule has 2 atom stereocenters. The standard InChI is InChI=1S/C10H18O/c1-3-8-5-6-9(4-2)10(11)7-8/h8-9H,3-7H2,1-2H3. The molecular weight excluding hydrogens is 136 g/mol. The van der Waals surface area contributed by atoms with E-state index in [2.05, 4.69) is 13.8 Å². The second kappa shape index (κ2) is 3.89. The fourth-order valence-corrected chi connectivity index (χ4v) is 1.93. The van der Waals surface area contributed by atoms with E-state index in [0.717, 1.165) is 19.3 Å². The van der Waals surface area contributed by atoms with Crippen LogP contribution >= 0.6 is 0 Å². The first kappa shape index (κ1) is 8.76. The summed E-state index contributed by atoms with van der Waals surface area (Å²) in [4.78, 5) is 11.4. The monoisotopic (exact) mass is 154 g/mol. The first-order chi connectivity index (χ1) is 5.27. The molecule has 1 saturated carbocycles. The van der Waals surface area contributed by atoms with Crippen LogP contribution in [0.25, 0.3) is 0 Å². The maximum absolute atomic E-state index is 11.4. The first-order valence-corrected chi connectivity index (χ1v) is 4.80. The summed E-state index contributed by atoms with van der Waals surface area (Å²) in [7, 11) is 0. The van der Waals surface area contributed by atoms with Crippen LogP contribution in [0.2, 0.25) is 0 Å². The Morgan fingerprint density at radius 2 is 2.00 bits per heavy atom. The molecule has 0 amide bonds. The smallest absolute Gasteiger partial charge is 0.136 e. The van der Waals surface area contributed by atoms with E-state index in [1.165, 1.54) is 12.8 Å². The molecule has 0 radical (unpaired) electrons. The van der Waals surface area contributed by atoms with Gasteiger partial charge in [0.25, 0.3) is 0 Å². The summed E-state index contributed by atoms with van der Waals surface area (Å²) in [5, 5.41) is 0. The van der Waals surface area contributed by atoms with Gasteiger partial charge in [-0.1, -0.05) is 20.3 Å². The molecule has 0 bridgehead atoms. The highest BCUT2D eigenvalue weighted by Crippen LogP contribution is 2.29. The van der Waals surface area contributed by atoms with Crippen molar-refractivity contribution in [3.05, 3.63) is 0 Å². The number of hydrogen-bond donors (Lipinski definition) is 0. The van der Waals surface area contributed by atoms with Gasteiger partial charge in [-0.3, -0.25) is 4.79 Å². The Kier molecular flexibility index (Phi) is 3.10. The van der Waals surface area contributed by atoms with E-state index in [1.54, 1.807) is 0 Å². The molecule has 0 saturated heterocycles. The van der Waals surface area contributed by atoms with Crippen LogP contribution in [0.4, 0.5) is 0 Å². The van der Waals surface area contributed by atoms with Gasteiger partial charge in [-0.2, -0.15) is 0 Å². The molecule has 1 aliphatic rings. The molecule has 0 aromatic rings. The fourth-order valence-electron chi connectivity index (χ4n) is 1.93. The molecule has 11 heavy (non-hydrogen) atoms. The normalized spacial score (nSPS) is 32.4. The maximum Gasteiger partial charge on any atom is 0.136 e. The van der Waals surface area contributed by atoms with Crippen LogP contribution in [0.5, 0.6) is 0 Å². The van der Waals surface area contributed by atoms with Gasteiger partial charge < -0.3 is 0 Å². The molecule has 0 spiro atoms. The van der Waals surface area contributed by atoms with Crippen molar-refractivity contribution in [2.45, 2.75) is 46.0 Å². The third-order valence-electron chi connectivity index (χ3n) is 2.94. The SMILES string of the molecule is CCC1CCC(CC)C(=O)C1. The Morgan fingerprint density at radius 3 is 2.45 bits per heavy atom. The highest BCUT2D eigenvalue weighted by atomic mass is 16.1. The minimum atomic E-state index is 0.401. The third-order valence-corrected chi connectivity index (χ3v) is 2.94. The minimum Gasteiger partial charge on any atom is -0.299 e. The summed E-state index contributed by atoms with van der Waals surface area (Å²) in [5.41, 5.74) is 0. The summed E-state index contributed by atoms with van der Waals surface area (Å²) >= 11 is 0. The Hall–Kier alpha value is -0.330. The van der Waals surface area contributed by atoms with Gasteiger partial charge in [0.05, 0.1) is 0 Å². The van der Waals surface area contributed by atoms with Crippen molar-refractivity contribution in [3.63, 3.8) is 0 Å². The van der Waals surface area contributed by atoms with Gasteiger partial charge in [0.2, 0.25) is 0 Å². The molecule has 1 heteroatoms. The molecule has 1 fully saturated rings. The van der Waals surface area contributed by atoms with E-state index in [-0.39, 0.29) is 0 Å². The molecule has 1 aliphatic carbocycles. The van der Waals surface area contributed by atoms with E-state index >= 15 is 0 Å². The predicted molar refractivity (Wildman–Crippen MR) is 46.4 cm³/mol. The van der Waals surface area contributed by atoms with Crippen LogP contribution in [0, 0.1) is 11.8 Å². The zero-order valence-corrected chi connectivity index (χ0v) is 7.60. The van der Waals surface area contributed by atoms with Crippen LogP contribution in [0.3, 0.4) is 0 Å². The molecular formula is C10H18O. The number of ketones is 1. The summed E-state index contributed by atoms with van der Waals surface area (Å²) < 4.78 is 0. The number of carbonyl (C=O) groups is 1. The fraction of sp³-hybridized carbons (Fsp3) is 0.900. The quantitative estimate of drug-likeness (QED) is 0.597. The van der Waals surface area contributed by atoms with Gasteiger partial charge in [0.15, 0.2) is 0 Å². The molecule has 64 valence electrons. The molecule has 0 aliphatic heterocycles. The average molecular weight is 154 g/mol. The van der Waals surface area contributed by atoms with Gasteiger partial charge in [-0.25, -0.2) is 0 Å². The Balaban J connectivity index is 2.41. The van der Waals surface area contributed by atoms with Gasteiger partial charge >= 0.3 is 0 Å². The summed E-state index contributed by atoms with van der Waals surface area (Å²) in [6, 6.07) is 0. The maximum atomic E-state index is 11.4. The van der Waals surface area contributed by atoms with Crippen molar-refractivity contribution in [3.8, 4) is 0 Å². The van der Waals surface area contributed by atoms with Gasteiger partial charge in [-0.05, 0) is 25.2 Å². The number of rotatable bonds is 2. The van der Waals surface area contributed by atoms with Crippen LogP contribution in [-0.4, -0.2) is 5.78 Å². The van der Waals surface area contributed by atoms with Crippen LogP contribution in [-0.2, 0) is 4.79 Å². The number of Topliss-reactive ketones (excluding diaryl/α,β-unsaturated/α-hetero) is 1. The Bertz CT molecular complexity index is 140. The largest absolute Gasteiger partial charge is 0.299 e. The van der Waals surface area contributed by atoms with Gasteiger partial charge in [0, 0.05) is 12.3 Å². The molecule has 1 nitrogen and oxygen atoms in total. The zero-order valence-electron chi connectivity index (χ0n) is 7.60. The summed E-state index contributed by atoms with van der Waals surface area (Å²) in [5.74, 6) is 1.62. The lowest BCUT2D eigenvalue weighted by atomic mass is 9.79. The van der Waals surface area contributed by atoms with Crippen molar-refractivity contribution in [2.24, 2.45) is 11.8 Å². The topological polar surface area (TPSA) is 17.1 Å². The summed E-state index contributed by atoms with van der Waals surface area (Å²) in [6.45, 7) is 4.30. The Labute approximate surface area is 69.2 Å². The highest BCUT2D eigenvalue weighted by Gasteiger charge is 2.25. The van der Waals surface area contributed by atoms with Crippen molar-refractivity contribution in [2.75, 3.05) is 0 Å². The zero-order chi connectivity index (χ0) is 8.27. The van der Waals surface area contributed by atoms with E-state index < -0.39 is 0 Å². The first-order valence-electron chi connectivity index (χ1n) is 4.80. The lowest BCUT2D eigenvalue weighted by molar-refractivity contribution is -0.126. The summed E-state index contributed by atoms with van der Waals surface area (Å²) in [6.07, 6.45) is 5.51. The number of carbonyl (C=O) groups excluding carboxylic acids is 1. The van der Waals surface area contributed by atoms with Crippen LogP contribution in [0.15, 0.2) is 0 Å². The van der Waals surface area contributed by atoms with E-state index in [9.17, 15) is 4.79 Å². The van der Waals surface area contributed by atoms with E-state index in [4.69, 9.17) is 0 Å². The molecule has 1 rings (SSSR count). The third kappa shape index (κ3) is 2.05. The lowest BCUT2D eigenvalue weighted by Crippen LogP contribution is -2.23. The van der Waals surface area contributed by atoms with Gasteiger partial charge in [0.1, 0.15) is 5.78 Å². The van der Waals surface area contributed by atoms with Crippen molar-refractivity contribution in [1.29, 1.82) is 0 Å². The predicted octanol–water partition coefficient (Wildman–Crippen LogP) is 2.79. The molecule has 0 aromatic heterocycles.